The summed E-state index contributed by atoms with van der Waals surface area (Å²) >= 11 is 4.15. The number of phenolic OH excluding ortho intramolecular Hbond substituents is 2. The molecule has 2 aromatic rings. The Morgan fingerprint density at radius 2 is 0.923 bits per heavy atom. The molecule has 2 nitrogen and oxygen atoms in total. The Balaban J connectivity index is 0.000000183. The molecule has 4 aliphatic rings. The van der Waals surface area contributed by atoms with Gasteiger partial charge in [-0.25, -0.2) is 23.3 Å². The first-order chi connectivity index (χ1) is 18.5. The number of aromatic hydroxyl groups is 2. The Morgan fingerprint density at radius 1 is 0.564 bits per heavy atom. The maximum Gasteiger partial charge on any atom is 2.00 e. The molecule has 0 aromatic heterocycles. The van der Waals surface area contributed by atoms with E-state index in [2.05, 4.69) is 81.6 Å². The minimum absolute atomic E-state index is 0. The molecule has 39 heavy (non-hydrogen) atoms. The first-order valence-corrected chi connectivity index (χ1v) is 16.1. The van der Waals surface area contributed by atoms with Crippen LogP contribution in [0.4, 0.5) is 0 Å². The average Bonchev–Trinajstić information content (AvgIpc) is 3.70. The molecular weight excluding hydrogens is 785 g/mol. The van der Waals surface area contributed by atoms with E-state index in [0.29, 0.717) is 11.5 Å². The van der Waals surface area contributed by atoms with Gasteiger partial charge in [-0.1, -0.05) is 62.8 Å². The van der Waals surface area contributed by atoms with Crippen LogP contribution < -0.4 is 0 Å². The van der Waals surface area contributed by atoms with Crippen LogP contribution in [-0.2, 0) is 26.2 Å². The first kappa shape index (κ1) is 34.5. The molecule has 6 rings (SSSR count). The average molecular weight is 826 g/mol. The number of halogens is 2. The fraction of sp³-hybridized carbons (Fsp3) is 0.412. The third-order valence-electron chi connectivity index (χ3n) is 7.24. The SMILES string of the molecule is Oc1ccccc1I.Oc1ccccc1I.[C-]1=C(C2CCCCC2)C=CC1.[C-]1=C(C2CCCCC2)C=CC1.[Zr+2]. The van der Waals surface area contributed by atoms with Crippen LogP contribution in [0.2, 0.25) is 0 Å². The maximum atomic E-state index is 8.91. The van der Waals surface area contributed by atoms with Gasteiger partial charge in [-0.15, -0.1) is 12.8 Å². The van der Waals surface area contributed by atoms with Crippen molar-refractivity contribution in [3.8, 4) is 11.5 Å². The Hall–Kier alpha value is -0.657. The fourth-order valence-electron chi connectivity index (χ4n) is 5.13. The molecule has 2 saturated carbocycles. The Labute approximate surface area is 282 Å². The molecule has 0 atom stereocenters. The molecule has 2 aromatic carbocycles. The van der Waals surface area contributed by atoms with Crippen molar-refractivity contribution in [2.45, 2.75) is 77.0 Å². The molecule has 2 N–H and O–H groups in total. The third-order valence-corrected chi connectivity index (χ3v) is 9.06. The van der Waals surface area contributed by atoms with E-state index in [4.69, 9.17) is 10.2 Å². The van der Waals surface area contributed by atoms with Gasteiger partial charge in [-0.2, -0.15) is 12.2 Å². The van der Waals surface area contributed by atoms with Gasteiger partial charge in [0.25, 0.3) is 0 Å². The predicted octanol–water partition coefficient (Wildman–Crippen LogP) is 10.5. The molecule has 206 valence electrons. The molecular formula is C34H40I2O2Zr. The Bertz CT molecular complexity index is 964. The van der Waals surface area contributed by atoms with Gasteiger partial charge < -0.3 is 10.2 Å². The number of hydrogen-bond donors (Lipinski definition) is 2. The van der Waals surface area contributed by atoms with Crippen LogP contribution in [0.25, 0.3) is 0 Å². The molecule has 2 fully saturated rings. The minimum Gasteiger partial charge on any atom is -0.507 e. The van der Waals surface area contributed by atoms with Crippen molar-refractivity contribution in [3.63, 3.8) is 0 Å². The predicted molar refractivity (Wildman–Crippen MR) is 176 cm³/mol. The van der Waals surface area contributed by atoms with Gasteiger partial charge >= 0.3 is 26.2 Å². The molecule has 0 amide bonds. The maximum absolute atomic E-state index is 8.91. The van der Waals surface area contributed by atoms with Crippen LogP contribution >= 0.6 is 45.2 Å². The number of allylic oxidation sites excluding steroid dienone is 8. The van der Waals surface area contributed by atoms with Crippen LogP contribution in [0.15, 0.2) is 84.0 Å². The summed E-state index contributed by atoms with van der Waals surface area (Å²) in [5.41, 5.74) is 3.01. The topological polar surface area (TPSA) is 40.5 Å². The zero-order chi connectivity index (χ0) is 27.0. The van der Waals surface area contributed by atoms with E-state index < -0.39 is 0 Å². The minimum atomic E-state index is 0. The van der Waals surface area contributed by atoms with Crippen molar-refractivity contribution in [1.82, 2.24) is 0 Å². The fourth-order valence-corrected chi connectivity index (χ4v) is 5.91. The summed E-state index contributed by atoms with van der Waals surface area (Å²) < 4.78 is 1.79. The molecule has 0 spiro atoms. The number of hydrogen-bond acceptors (Lipinski definition) is 2. The zero-order valence-corrected chi connectivity index (χ0v) is 29.5. The quantitative estimate of drug-likeness (QED) is 0.234. The van der Waals surface area contributed by atoms with Gasteiger partial charge in [0, 0.05) is 0 Å². The standard InChI is InChI=1S/2C11H15.2C6H5IO.Zr/c2*1-2-6-10(7-3-1)11-8-4-5-9-11;2*7-5-3-1-2-4-6(5)8;/h2*4,8,10H,1-3,5-7H2;2*1-4,8H;/q2*-1;;;+2. The molecule has 0 saturated heterocycles. The van der Waals surface area contributed by atoms with Crippen LogP contribution in [0.3, 0.4) is 0 Å². The number of phenols is 2. The summed E-state index contributed by atoms with van der Waals surface area (Å²) in [6.45, 7) is 0. The smallest absolute Gasteiger partial charge is 0.507 e. The van der Waals surface area contributed by atoms with Gasteiger partial charge in [0.15, 0.2) is 0 Å². The van der Waals surface area contributed by atoms with E-state index in [1.54, 1.807) is 24.3 Å². The summed E-state index contributed by atoms with van der Waals surface area (Å²) in [5.74, 6) is 2.44. The first-order valence-electron chi connectivity index (χ1n) is 14.0. The second kappa shape index (κ2) is 20.3. The van der Waals surface area contributed by atoms with Crippen molar-refractivity contribution < 1.29 is 36.4 Å². The van der Waals surface area contributed by atoms with Crippen LogP contribution in [0.1, 0.15) is 77.0 Å². The molecule has 4 aliphatic carbocycles. The molecule has 0 radical (unpaired) electrons. The summed E-state index contributed by atoms with van der Waals surface area (Å²) in [4.78, 5) is 0. The normalized spacial score (nSPS) is 18.2. The summed E-state index contributed by atoms with van der Waals surface area (Å²) in [5, 5.41) is 17.8. The third kappa shape index (κ3) is 13.2. The van der Waals surface area contributed by atoms with Crippen molar-refractivity contribution >= 4 is 45.2 Å². The number of rotatable bonds is 2. The van der Waals surface area contributed by atoms with Gasteiger partial charge in [0.05, 0.1) is 7.14 Å². The Kier molecular flexibility index (Phi) is 17.9. The van der Waals surface area contributed by atoms with E-state index in [0.717, 1.165) is 31.8 Å². The van der Waals surface area contributed by atoms with E-state index in [1.165, 1.54) is 75.4 Å². The van der Waals surface area contributed by atoms with E-state index in [9.17, 15) is 0 Å². The van der Waals surface area contributed by atoms with Gasteiger partial charge in [0.2, 0.25) is 0 Å². The van der Waals surface area contributed by atoms with Crippen LogP contribution in [0.5, 0.6) is 11.5 Å². The van der Waals surface area contributed by atoms with E-state index in [-0.39, 0.29) is 26.2 Å². The van der Waals surface area contributed by atoms with Crippen LogP contribution in [0, 0.1) is 31.1 Å². The zero-order valence-electron chi connectivity index (χ0n) is 22.7. The van der Waals surface area contributed by atoms with E-state index >= 15 is 0 Å². The van der Waals surface area contributed by atoms with Gasteiger partial charge in [-0.3, -0.25) is 12.2 Å². The largest absolute Gasteiger partial charge is 2.00 e. The second-order valence-corrected chi connectivity index (χ2v) is 12.4. The summed E-state index contributed by atoms with van der Waals surface area (Å²) in [7, 11) is 0. The number of benzene rings is 2. The van der Waals surface area contributed by atoms with E-state index in [1.807, 2.05) is 24.3 Å². The molecule has 0 unspecified atom stereocenters. The van der Waals surface area contributed by atoms with Crippen molar-refractivity contribution in [3.05, 3.63) is 103 Å². The van der Waals surface area contributed by atoms with Crippen molar-refractivity contribution in [2.24, 2.45) is 11.8 Å². The van der Waals surface area contributed by atoms with Gasteiger partial charge in [-0.05, 0) is 107 Å². The van der Waals surface area contributed by atoms with Crippen LogP contribution in [-0.4, -0.2) is 10.2 Å². The van der Waals surface area contributed by atoms with Crippen molar-refractivity contribution in [1.29, 1.82) is 0 Å². The summed E-state index contributed by atoms with van der Waals surface area (Å²) in [6, 6.07) is 14.4. The van der Waals surface area contributed by atoms with Gasteiger partial charge in [0.1, 0.15) is 11.5 Å². The molecule has 0 aliphatic heterocycles. The Morgan fingerprint density at radius 3 is 1.18 bits per heavy atom. The summed E-state index contributed by atoms with van der Waals surface area (Å²) in [6.07, 6.45) is 32.3. The molecule has 0 bridgehead atoms. The monoisotopic (exact) mass is 824 g/mol. The molecule has 5 heteroatoms. The molecule has 0 heterocycles. The van der Waals surface area contributed by atoms with Crippen molar-refractivity contribution in [2.75, 3.05) is 0 Å². The number of para-hydroxylation sites is 2. The second-order valence-electron chi connectivity index (χ2n) is 10.0.